The number of hydrogen-bond donors (Lipinski definition) is 0. The molecule has 0 N–H and O–H groups in total. The maximum Gasteiger partial charge on any atom is 0.274 e. The van der Waals surface area contributed by atoms with Crippen LogP contribution in [0.15, 0.2) is 41.1 Å². The molecule has 1 aliphatic heterocycles. The molecular formula is C24H26N4O3S. The number of amides is 2. The number of benzene rings is 1. The minimum absolute atomic E-state index is 0.159. The number of nitrogens with zero attached hydrogens (tertiary/aromatic N) is 4. The Balaban J connectivity index is 1.41. The van der Waals surface area contributed by atoms with Crippen molar-refractivity contribution < 1.29 is 14.3 Å². The van der Waals surface area contributed by atoms with E-state index in [9.17, 15) is 9.59 Å². The van der Waals surface area contributed by atoms with Crippen LogP contribution in [0.5, 0.6) is 5.75 Å². The highest BCUT2D eigenvalue weighted by Gasteiger charge is 2.32. The summed E-state index contributed by atoms with van der Waals surface area (Å²) in [6.45, 7) is 1.25. The van der Waals surface area contributed by atoms with E-state index < -0.39 is 0 Å². The molecule has 8 heteroatoms. The highest BCUT2D eigenvalue weighted by molar-refractivity contribution is 7.08. The van der Waals surface area contributed by atoms with Crippen LogP contribution >= 0.6 is 11.3 Å². The summed E-state index contributed by atoms with van der Waals surface area (Å²) < 4.78 is 7.80. The Morgan fingerprint density at radius 3 is 2.66 bits per heavy atom. The fourth-order valence-corrected chi connectivity index (χ4v) is 4.81. The molecule has 3 aromatic rings. The normalized spacial score (nSPS) is 14.7. The predicted octanol–water partition coefficient (Wildman–Crippen LogP) is 3.82. The lowest BCUT2D eigenvalue weighted by molar-refractivity contribution is -0.136. The molecular weight excluding hydrogens is 424 g/mol. The van der Waals surface area contributed by atoms with Gasteiger partial charge in [0.05, 0.1) is 11.4 Å². The first-order valence-corrected chi connectivity index (χ1v) is 11.9. The molecule has 0 bridgehead atoms. The lowest BCUT2D eigenvalue weighted by Crippen LogP contribution is -2.41. The Hall–Kier alpha value is -3.13. The van der Waals surface area contributed by atoms with Gasteiger partial charge in [0.1, 0.15) is 12.4 Å². The van der Waals surface area contributed by atoms with Crippen molar-refractivity contribution in [2.45, 2.75) is 25.9 Å². The molecule has 0 unspecified atom stereocenters. The van der Waals surface area contributed by atoms with Crippen molar-refractivity contribution in [2.75, 3.05) is 27.2 Å². The average Bonchev–Trinajstić information content (AvgIpc) is 3.43. The van der Waals surface area contributed by atoms with E-state index in [4.69, 9.17) is 9.84 Å². The van der Waals surface area contributed by atoms with Gasteiger partial charge in [0.15, 0.2) is 5.69 Å². The predicted molar refractivity (Wildman–Crippen MR) is 123 cm³/mol. The molecule has 5 rings (SSSR count). The fraction of sp³-hybridized carbons (Fsp3) is 0.375. The van der Waals surface area contributed by atoms with Crippen LogP contribution in [0.1, 0.15) is 35.3 Å². The van der Waals surface area contributed by atoms with Gasteiger partial charge in [-0.3, -0.25) is 9.59 Å². The molecule has 32 heavy (non-hydrogen) atoms. The number of ether oxygens (including phenoxy) is 1. The monoisotopic (exact) mass is 450 g/mol. The SMILES string of the molecule is CN(CCN(C)C(=O)C1CCC1)C(=O)c1nn(-c2ccsc2)c2c1COc1ccccc1-2. The second-order valence-electron chi connectivity index (χ2n) is 8.47. The van der Waals surface area contributed by atoms with Gasteiger partial charge in [-0.15, -0.1) is 0 Å². The van der Waals surface area contributed by atoms with Crippen molar-refractivity contribution in [3.63, 3.8) is 0 Å². The summed E-state index contributed by atoms with van der Waals surface area (Å²) in [5.41, 5.74) is 3.96. The van der Waals surface area contributed by atoms with Crippen LogP contribution in [-0.2, 0) is 11.4 Å². The number of fused-ring (bicyclic) bond motifs is 3. The first-order chi connectivity index (χ1) is 15.5. The molecule has 7 nitrogen and oxygen atoms in total. The van der Waals surface area contributed by atoms with E-state index in [1.165, 1.54) is 0 Å². The Labute approximate surface area is 191 Å². The average molecular weight is 451 g/mol. The second kappa shape index (κ2) is 8.43. The number of para-hydroxylation sites is 1. The van der Waals surface area contributed by atoms with E-state index in [1.54, 1.807) is 28.2 Å². The molecule has 3 heterocycles. The Bertz CT molecular complexity index is 1150. The second-order valence-corrected chi connectivity index (χ2v) is 9.25. The van der Waals surface area contributed by atoms with Crippen molar-refractivity contribution in [2.24, 2.45) is 5.92 Å². The van der Waals surface area contributed by atoms with Crippen LogP contribution in [-0.4, -0.2) is 58.6 Å². The highest BCUT2D eigenvalue weighted by atomic mass is 32.1. The van der Waals surface area contributed by atoms with Crippen LogP contribution < -0.4 is 4.74 Å². The summed E-state index contributed by atoms with van der Waals surface area (Å²) >= 11 is 1.59. The number of carbonyl (C=O) groups is 2. The number of rotatable bonds is 6. The van der Waals surface area contributed by atoms with Gasteiger partial charge in [0.25, 0.3) is 5.91 Å². The summed E-state index contributed by atoms with van der Waals surface area (Å²) in [7, 11) is 3.58. The van der Waals surface area contributed by atoms with Crippen molar-refractivity contribution >= 4 is 23.2 Å². The van der Waals surface area contributed by atoms with Crippen molar-refractivity contribution in [3.05, 3.63) is 52.3 Å². The first-order valence-electron chi connectivity index (χ1n) is 10.9. The molecule has 0 spiro atoms. The zero-order chi connectivity index (χ0) is 22.2. The summed E-state index contributed by atoms with van der Waals surface area (Å²) in [5.74, 6) is 0.968. The zero-order valence-electron chi connectivity index (χ0n) is 18.3. The van der Waals surface area contributed by atoms with Gasteiger partial charge in [0.2, 0.25) is 5.91 Å². The maximum absolute atomic E-state index is 13.4. The van der Waals surface area contributed by atoms with Gasteiger partial charge in [-0.1, -0.05) is 18.6 Å². The number of carbonyl (C=O) groups excluding carboxylic acids is 2. The number of aromatic nitrogens is 2. The molecule has 166 valence electrons. The molecule has 1 saturated carbocycles. The van der Waals surface area contributed by atoms with Crippen LogP contribution in [0.4, 0.5) is 0 Å². The lowest BCUT2D eigenvalue weighted by atomic mass is 9.84. The molecule has 0 radical (unpaired) electrons. The molecule has 0 saturated heterocycles. The van der Waals surface area contributed by atoms with E-state index >= 15 is 0 Å². The zero-order valence-corrected chi connectivity index (χ0v) is 19.1. The van der Waals surface area contributed by atoms with Gasteiger partial charge < -0.3 is 14.5 Å². The molecule has 1 fully saturated rings. The van der Waals surface area contributed by atoms with Gasteiger partial charge in [-0.25, -0.2) is 4.68 Å². The van der Waals surface area contributed by atoms with E-state index in [2.05, 4.69) is 0 Å². The third-order valence-corrected chi connectivity index (χ3v) is 7.07. The van der Waals surface area contributed by atoms with Crippen LogP contribution in [0.3, 0.4) is 0 Å². The lowest BCUT2D eigenvalue weighted by Gasteiger charge is -2.30. The van der Waals surface area contributed by atoms with E-state index in [0.29, 0.717) is 25.4 Å². The fourth-order valence-electron chi connectivity index (χ4n) is 4.20. The Morgan fingerprint density at radius 1 is 1.16 bits per heavy atom. The largest absolute Gasteiger partial charge is 0.488 e. The van der Waals surface area contributed by atoms with E-state index in [-0.39, 0.29) is 17.7 Å². The molecule has 2 aliphatic rings. The topological polar surface area (TPSA) is 67.7 Å². The third-order valence-electron chi connectivity index (χ3n) is 6.40. The van der Waals surface area contributed by atoms with Gasteiger partial charge >= 0.3 is 0 Å². The smallest absolute Gasteiger partial charge is 0.274 e. The Morgan fingerprint density at radius 2 is 1.94 bits per heavy atom. The maximum atomic E-state index is 13.4. The molecule has 0 atom stereocenters. The van der Waals surface area contributed by atoms with E-state index in [1.807, 2.05) is 52.8 Å². The van der Waals surface area contributed by atoms with Crippen LogP contribution in [0, 0.1) is 5.92 Å². The molecule has 2 aromatic heterocycles. The van der Waals surface area contributed by atoms with E-state index in [0.717, 1.165) is 47.5 Å². The standard InChI is InChI=1S/C24H26N4O3S/c1-26(23(29)16-6-5-7-16)11-12-27(2)24(30)21-19-14-31-20-9-4-3-8-18(20)22(19)28(25-21)17-10-13-32-15-17/h3-4,8-10,13,15-16H,5-7,11-12,14H2,1-2H3. The van der Waals surface area contributed by atoms with Gasteiger partial charge in [-0.05, 0) is 36.4 Å². The summed E-state index contributed by atoms with van der Waals surface area (Å²) in [6, 6.07) is 9.83. The first kappa shape index (κ1) is 20.8. The molecule has 1 aliphatic carbocycles. The third kappa shape index (κ3) is 3.58. The number of likely N-dealkylation sites (N-methyl/N-ethyl adjacent to an activating group) is 2. The Kier molecular flexibility index (Phi) is 5.46. The van der Waals surface area contributed by atoms with Crippen molar-refractivity contribution in [3.8, 4) is 22.7 Å². The molecule has 1 aromatic carbocycles. The minimum atomic E-state index is -0.164. The van der Waals surface area contributed by atoms with Crippen molar-refractivity contribution in [1.82, 2.24) is 19.6 Å². The number of thiophene rings is 1. The summed E-state index contributed by atoms with van der Waals surface area (Å²) in [5, 5.41) is 8.75. The quantitative estimate of drug-likeness (QED) is 0.573. The summed E-state index contributed by atoms with van der Waals surface area (Å²) in [4.78, 5) is 29.2. The molecule has 2 amide bonds. The highest BCUT2D eigenvalue weighted by Crippen LogP contribution is 2.40. The summed E-state index contributed by atoms with van der Waals surface area (Å²) in [6.07, 6.45) is 3.09. The van der Waals surface area contributed by atoms with Crippen LogP contribution in [0.2, 0.25) is 0 Å². The minimum Gasteiger partial charge on any atom is -0.488 e. The van der Waals surface area contributed by atoms with Crippen molar-refractivity contribution in [1.29, 1.82) is 0 Å². The van der Waals surface area contributed by atoms with Gasteiger partial charge in [0, 0.05) is 49.6 Å². The number of hydrogen-bond acceptors (Lipinski definition) is 5. The van der Waals surface area contributed by atoms with Gasteiger partial charge in [-0.2, -0.15) is 16.4 Å². The van der Waals surface area contributed by atoms with Crippen LogP contribution in [0.25, 0.3) is 16.9 Å².